The highest BCUT2D eigenvalue weighted by atomic mass is 16.1. The molecule has 0 fully saturated rings. The minimum atomic E-state index is -0.234. The summed E-state index contributed by atoms with van der Waals surface area (Å²) in [7, 11) is 0. The zero-order valence-electron chi connectivity index (χ0n) is 9.37. The maximum Gasteiger partial charge on any atom is 0.271 e. The molecule has 0 aliphatic carbocycles. The van der Waals surface area contributed by atoms with E-state index in [1.54, 1.807) is 12.4 Å². The molecular weight excluding hydrogens is 216 g/mol. The van der Waals surface area contributed by atoms with Crippen LogP contribution >= 0.6 is 0 Å². The van der Waals surface area contributed by atoms with Gasteiger partial charge in [-0.2, -0.15) is 0 Å². The second-order valence-electron chi connectivity index (χ2n) is 3.57. The van der Waals surface area contributed by atoms with E-state index in [4.69, 9.17) is 0 Å². The van der Waals surface area contributed by atoms with Crippen molar-refractivity contribution in [1.29, 1.82) is 0 Å². The van der Waals surface area contributed by atoms with Gasteiger partial charge >= 0.3 is 0 Å². The average molecular weight is 228 g/mol. The van der Waals surface area contributed by atoms with Crippen molar-refractivity contribution in [3.63, 3.8) is 0 Å². The highest BCUT2D eigenvalue weighted by Gasteiger charge is 2.11. The molecule has 0 aromatic carbocycles. The molecule has 0 spiro atoms. The normalized spacial score (nSPS) is 11.8. The molecule has 1 N–H and O–H groups in total. The van der Waals surface area contributed by atoms with E-state index < -0.39 is 0 Å². The molecule has 5 nitrogen and oxygen atoms in total. The van der Waals surface area contributed by atoms with Gasteiger partial charge in [0, 0.05) is 24.8 Å². The molecule has 1 atom stereocenters. The fraction of sp³-hybridized carbons (Fsp3) is 0.167. The maximum absolute atomic E-state index is 11.8. The molecule has 2 aromatic heterocycles. The Kier molecular flexibility index (Phi) is 3.40. The first-order valence-electron chi connectivity index (χ1n) is 5.24. The summed E-state index contributed by atoms with van der Waals surface area (Å²) in [6.45, 7) is 1.91. The summed E-state index contributed by atoms with van der Waals surface area (Å²) in [6, 6.07) is 3.64. The van der Waals surface area contributed by atoms with Gasteiger partial charge in [0.15, 0.2) is 0 Å². The summed E-state index contributed by atoms with van der Waals surface area (Å²) >= 11 is 0. The standard InChI is InChI=1S/C12H12N4O/c1-9(10-2-4-13-5-3-10)16-12(17)11-8-14-6-7-15-11/h2-9H,1H3,(H,16,17)/t9-/m0/s1. The van der Waals surface area contributed by atoms with Gasteiger partial charge in [0.1, 0.15) is 5.69 Å². The zero-order chi connectivity index (χ0) is 12.1. The molecule has 0 saturated carbocycles. The summed E-state index contributed by atoms with van der Waals surface area (Å²) in [5.41, 5.74) is 1.31. The molecule has 0 radical (unpaired) electrons. The van der Waals surface area contributed by atoms with Crippen LogP contribution in [0.25, 0.3) is 0 Å². The summed E-state index contributed by atoms with van der Waals surface area (Å²) in [4.78, 5) is 23.5. The first kappa shape index (κ1) is 11.2. The molecule has 5 heteroatoms. The molecule has 17 heavy (non-hydrogen) atoms. The maximum atomic E-state index is 11.8. The molecule has 0 aliphatic rings. The highest BCUT2D eigenvalue weighted by molar-refractivity contribution is 5.92. The van der Waals surface area contributed by atoms with E-state index in [1.165, 1.54) is 18.6 Å². The second-order valence-corrected chi connectivity index (χ2v) is 3.57. The lowest BCUT2D eigenvalue weighted by molar-refractivity contribution is 0.0934. The fourth-order valence-electron chi connectivity index (χ4n) is 1.42. The smallest absolute Gasteiger partial charge is 0.271 e. The van der Waals surface area contributed by atoms with Gasteiger partial charge in [-0.25, -0.2) is 4.98 Å². The summed E-state index contributed by atoms with van der Waals surface area (Å²) in [5.74, 6) is -0.234. The van der Waals surface area contributed by atoms with Gasteiger partial charge in [-0.3, -0.25) is 14.8 Å². The van der Waals surface area contributed by atoms with Gasteiger partial charge < -0.3 is 5.32 Å². The van der Waals surface area contributed by atoms with Crippen molar-refractivity contribution >= 4 is 5.91 Å². The van der Waals surface area contributed by atoms with Crippen LogP contribution in [-0.2, 0) is 0 Å². The number of amides is 1. The van der Waals surface area contributed by atoms with Gasteiger partial charge in [0.25, 0.3) is 5.91 Å². The molecule has 2 rings (SSSR count). The van der Waals surface area contributed by atoms with E-state index in [0.717, 1.165) is 5.56 Å². The van der Waals surface area contributed by atoms with Crippen LogP contribution in [0.1, 0.15) is 29.0 Å². The average Bonchev–Trinajstić information content (AvgIpc) is 2.40. The Balaban J connectivity index is 2.05. The summed E-state index contributed by atoms with van der Waals surface area (Å²) < 4.78 is 0. The lowest BCUT2D eigenvalue weighted by Gasteiger charge is -2.13. The Morgan fingerprint density at radius 2 is 1.94 bits per heavy atom. The van der Waals surface area contributed by atoms with Gasteiger partial charge in [0.2, 0.25) is 0 Å². The molecule has 2 aromatic rings. The first-order valence-corrected chi connectivity index (χ1v) is 5.24. The Morgan fingerprint density at radius 1 is 1.18 bits per heavy atom. The quantitative estimate of drug-likeness (QED) is 0.861. The zero-order valence-corrected chi connectivity index (χ0v) is 9.37. The molecular formula is C12H12N4O. The topological polar surface area (TPSA) is 67.8 Å². The van der Waals surface area contributed by atoms with Crippen molar-refractivity contribution in [2.24, 2.45) is 0 Å². The number of nitrogens with one attached hydrogen (secondary N) is 1. The largest absolute Gasteiger partial charge is 0.344 e. The number of hydrogen-bond donors (Lipinski definition) is 1. The van der Waals surface area contributed by atoms with Gasteiger partial charge in [0.05, 0.1) is 12.2 Å². The number of rotatable bonds is 3. The second kappa shape index (κ2) is 5.16. The van der Waals surface area contributed by atoms with Crippen molar-refractivity contribution < 1.29 is 4.79 Å². The number of carbonyl (C=O) groups excluding carboxylic acids is 1. The van der Waals surface area contributed by atoms with E-state index >= 15 is 0 Å². The van der Waals surface area contributed by atoms with Crippen molar-refractivity contribution in [2.45, 2.75) is 13.0 Å². The predicted molar refractivity (Wildman–Crippen MR) is 62.2 cm³/mol. The van der Waals surface area contributed by atoms with Gasteiger partial charge in [-0.1, -0.05) is 0 Å². The number of nitrogens with zero attached hydrogens (tertiary/aromatic N) is 3. The Labute approximate surface area is 99.0 Å². The molecule has 0 unspecified atom stereocenters. The van der Waals surface area contributed by atoms with Crippen LogP contribution < -0.4 is 5.32 Å². The van der Waals surface area contributed by atoms with Crippen LogP contribution in [0.2, 0.25) is 0 Å². The number of hydrogen-bond acceptors (Lipinski definition) is 4. The van der Waals surface area contributed by atoms with Crippen molar-refractivity contribution in [3.05, 3.63) is 54.4 Å². The molecule has 0 saturated heterocycles. The molecule has 0 aliphatic heterocycles. The van der Waals surface area contributed by atoms with E-state index in [1.807, 2.05) is 19.1 Å². The fourth-order valence-corrected chi connectivity index (χ4v) is 1.42. The van der Waals surface area contributed by atoms with Gasteiger partial charge in [-0.15, -0.1) is 0 Å². The summed E-state index contributed by atoms with van der Waals surface area (Å²) in [5, 5.41) is 2.84. The Hall–Kier alpha value is -2.30. The lowest BCUT2D eigenvalue weighted by atomic mass is 10.1. The SMILES string of the molecule is C[C@H](NC(=O)c1cnccn1)c1ccncc1. The highest BCUT2D eigenvalue weighted by Crippen LogP contribution is 2.10. The number of pyridine rings is 1. The number of aromatic nitrogens is 3. The first-order chi connectivity index (χ1) is 8.27. The lowest BCUT2D eigenvalue weighted by Crippen LogP contribution is -2.27. The number of carbonyl (C=O) groups is 1. The predicted octanol–water partition coefficient (Wildman–Crippen LogP) is 1.36. The molecule has 1 amide bonds. The minimum absolute atomic E-state index is 0.0903. The Bertz CT molecular complexity index is 486. The van der Waals surface area contributed by atoms with Crippen LogP contribution in [0.3, 0.4) is 0 Å². The van der Waals surface area contributed by atoms with Crippen LogP contribution in [0.4, 0.5) is 0 Å². The third-order valence-corrected chi connectivity index (χ3v) is 2.35. The molecule has 0 bridgehead atoms. The molecule has 86 valence electrons. The third kappa shape index (κ3) is 2.84. The van der Waals surface area contributed by atoms with Gasteiger partial charge in [-0.05, 0) is 24.6 Å². The van der Waals surface area contributed by atoms with Crippen LogP contribution in [0.5, 0.6) is 0 Å². The minimum Gasteiger partial charge on any atom is -0.344 e. The van der Waals surface area contributed by atoms with E-state index in [9.17, 15) is 4.79 Å². The van der Waals surface area contributed by atoms with Crippen LogP contribution in [0, 0.1) is 0 Å². The third-order valence-electron chi connectivity index (χ3n) is 2.35. The van der Waals surface area contributed by atoms with E-state index in [-0.39, 0.29) is 11.9 Å². The van der Waals surface area contributed by atoms with Crippen molar-refractivity contribution in [1.82, 2.24) is 20.3 Å². The summed E-state index contributed by atoms with van der Waals surface area (Å²) in [6.07, 6.45) is 7.85. The van der Waals surface area contributed by atoms with E-state index in [2.05, 4.69) is 20.3 Å². The van der Waals surface area contributed by atoms with Crippen LogP contribution in [0.15, 0.2) is 43.1 Å². The van der Waals surface area contributed by atoms with Crippen LogP contribution in [-0.4, -0.2) is 20.9 Å². The monoisotopic (exact) mass is 228 g/mol. The van der Waals surface area contributed by atoms with E-state index in [0.29, 0.717) is 5.69 Å². The molecule has 2 heterocycles. The van der Waals surface area contributed by atoms with Crippen molar-refractivity contribution in [3.8, 4) is 0 Å². The Morgan fingerprint density at radius 3 is 2.59 bits per heavy atom. The van der Waals surface area contributed by atoms with Crippen molar-refractivity contribution in [2.75, 3.05) is 0 Å².